The maximum atomic E-state index is 13.0. The minimum atomic E-state index is -0.774. The summed E-state index contributed by atoms with van der Waals surface area (Å²) >= 11 is 0. The number of aliphatic hydroxyl groups is 1. The average molecular weight is 483 g/mol. The Kier molecular flexibility index (Phi) is 7.12. The molecule has 0 unspecified atom stereocenters. The van der Waals surface area contributed by atoms with Crippen molar-refractivity contribution in [3.05, 3.63) is 95.6 Å². The number of azo groups is 1. The number of benzene rings is 4. The molecule has 9 heteroatoms. The van der Waals surface area contributed by atoms with Gasteiger partial charge in [0.05, 0.1) is 23.9 Å². The van der Waals surface area contributed by atoms with E-state index in [0.29, 0.717) is 16.5 Å². The first kappa shape index (κ1) is 24.2. The molecule has 0 heterocycles. The molecule has 0 fully saturated rings. The van der Waals surface area contributed by atoms with Gasteiger partial charge in [-0.15, -0.1) is 10.2 Å². The van der Waals surface area contributed by atoms with E-state index in [2.05, 4.69) is 15.5 Å². The number of rotatable bonds is 7. The van der Waals surface area contributed by atoms with Crippen LogP contribution in [0, 0.1) is 0 Å². The van der Waals surface area contributed by atoms with E-state index in [1.165, 1.54) is 25.3 Å². The summed E-state index contributed by atoms with van der Waals surface area (Å²) in [6.07, 6.45) is 0. The molecule has 4 aromatic carbocycles. The maximum absolute atomic E-state index is 13.0. The van der Waals surface area contributed by atoms with Crippen LogP contribution in [-0.4, -0.2) is 41.6 Å². The second kappa shape index (κ2) is 10.6. The number of hydrogen-bond donors (Lipinski definition) is 3. The Morgan fingerprint density at radius 1 is 0.889 bits per heavy atom. The van der Waals surface area contributed by atoms with Gasteiger partial charge >= 0.3 is 5.97 Å². The third-order valence-electron chi connectivity index (χ3n) is 5.39. The van der Waals surface area contributed by atoms with Crippen LogP contribution in [0.2, 0.25) is 0 Å². The van der Waals surface area contributed by atoms with Gasteiger partial charge in [0.1, 0.15) is 12.3 Å². The topological polar surface area (TPSA) is 138 Å². The monoisotopic (exact) mass is 483 g/mol. The van der Waals surface area contributed by atoms with Gasteiger partial charge in [-0.05, 0) is 41.8 Å². The van der Waals surface area contributed by atoms with Crippen molar-refractivity contribution < 1.29 is 29.3 Å². The number of aromatic hydroxyl groups is 1. The van der Waals surface area contributed by atoms with Crippen molar-refractivity contribution in [2.45, 2.75) is 0 Å². The highest BCUT2D eigenvalue weighted by atomic mass is 16.5. The second-order valence-electron chi connectivity index (χ2n) is 7.67. The van der Waals surface area contributed by atoms with Crippen LogP contribution in [0.25, 0.3) is 10.8 Å². The highest BCUT2D eigenvalue weighted by molar-refractivity contribution is 6.11. The number of para-hydroxylation sites is 1. The molecule has 1 amide bonds. The number of carbonyl (C=O) groups is 3. The molecule has 0 radical (unpaired) electrons. The van der Waals surface area contributed by atoms with Crippen molar-refractivity contribution in [1.29, 1.82) is 0 Å². The summed E-state index contributed by atoms with van der Waals surface area (Å²) in [5, 5.41) is 32.5. The number of ether oxygens (including phenoxy) is 1. The molecule has 0 spiro atoms. The molecule has 0 aromatic heterocycles. The van der Waals surface area contributed by atoms with Gasteiger partial charge in [0.2, 0.25) is 0 Å². The molecule has 0 aliphatic rings. The highest BCUT2D eigenvalue weighted by Gasteiger charge is 2.19. The fraction of sp³-hybridized carbons (Fsp3) is 0.0741. The van der Waals surface area contributed by atoms with Crippen molar-refractivity contribution in [2.24, 2.45) is 10.2 Å². The molecule has 36 heavy (non-hydrogen) atoms. The van der Waals surface area contributed by atoms with Gasteiger partial charge < -0.3 is 20.3 Å². The number of ketones is 1. The van der Waals surface area contributed by atoms with Crippen LogP contribution in [0.3, 0.4) is 0 Å². The van der Waals surface area contributed by atoms with Gasteiger partial charge in [-0.3, -0.25) is 9.59 Å². The molecule has 180 valence electrons. The summed E-state index contributed by atoms with van der Waals surface area (Å²) in [6.45, 7) is -0.774. The number of methoxy groups -OCH3 is 1. The van der Waals surface area contributed by atoms with Gasteiger partial charge in [-0.2, -0.15) is 0 Å². The Bertz CT molecular complexity index is 1500. The van der Waals surface area contributed by atoms with E-state index in [9.17, 15) is 24.6 Å². The number of hydrogen-bond acceptors (Lipinski definition) is 8. The second-order valence-corrected chi connectivity index (χ2v) is 7.67. The molecule has 4 rings (SSSR count). The van der Waals surface area contributed by atoms with Crippen molar-refractivity contribution in [3.63, 3.8) is 0 Å². The molecule has 0 saturated carbocycles. The fourth-order valence-corrected chi connectivity index (χ4v) is 3.60. The Hall–Kier alpha value is -4.89. The number of anilines is 1. The van der Waals surface area contributed by atoms with Gasteiger partial charge in [0.15, 0.2) is 11.5 Å². The third-order valence-corrected chi connectivity index (χ3v) is 5.39. The van der Waals surface area contributed by atoms with Gasteiger partial charge in [0.25, 0.3) is 5.91 Å². The molecule has 4 aromatic rings. The lowest BCUT2D eigenvalue weighted by Gasteiger charge is -2.11. The number of aliphatic hydroxyl groups excluding tert-OH is 1. The standard InChI is InChI=1S/C27H21N3O6/c1-36-27(35)17-11-12-20(23(32)15-31)22(14-17)29-30-24-19-10-6-5-7-16(19)13-21(25(24)33)26(34)28-18-8-3-2-4-9-18/h2-14,31,33H,15H2,1H3,(H,28,34). The van der Waals surface area contributed by atoms with Crippen LogP contribution >= 0.6 is 0 Å². The lowest BCUT2D eigenvalue weighted by molar-refractivity contribution is 0.0600. The Morgan fingerprint density at radius 3 is 2.33 bits per heavy atom. The largest absolute Gasteiger partial charge is 0.505 e. The molecule has 3 N–H and O–H groups in total. The molecule has 0 saturated heterocycles. The summed E-state index contributed by atoms with van der Waals surface area (Å²) in [6, 6.07) is 21.3. The molecular weight excluding hydrogens is 462 g/mol. The van der Waals surface area contributed by atoms with Crippen LogP contribution < -0.4 is 5.32 Å². The molecule has 0 atom stereocenters. The summed E-state index contributed by atoms with van der Waals surface area (Å²) in [7, 11) is 1.21. The number of amides is 1. The lowest BCUT2D eigenvalue weighted by atomic mass is 10.0. The highest BCUT2D eigenvalue weighted by Crippen LogP contribution is 2.40. The Balaban J connectivity index is 1.83. The van der Waals surface area contributed by atoms with Crippen LogP contribution in [-0.2, 0) is 4.74 Å². The van der Waals surface area contributed by atoms with Gasteiger partial charge in [-0.1, -0.05) is 42.5 Å². The van der Waals surface area contributed by atoms with Crippen molar-refractivity contribution in [3.8, 4) is 5.75 Å². The van der Waals surface area contributed by atoms with E-state index < -0.39 is 30.0 Å². The Labute approximate surface area is 205 Å². The van der Waals surface area contributed by atoms with Crippen molar-refractivity contribution in [1.82, 2.24) is 0 Å². The molecule has 0 aliphatic heterocycles. The molecule has 9 nitrogen and oxygen atoms in total. The zero-order chi connectivity index (χ0) is 25.7. The number of nitrogens with one attached hydrogen (secondary N) is 1. The molecule has 0 aliphatic carbocycles. The van der Waals surface area contributed by atoms with Crippen molar-refractivity contribution in [2.75, 3.05) is 19.0 Å². The van der Waals surface area contributed by atoms with Crippen LogP contribution in [0.1, 0.15) is 31.1 Å². The van der Waals surface area contributed by atoms with Gasteiger partial charge in [-0.25, -0.2) is 4.79 Å². The maximum Gasteiger partial charge on any atom is 0.337 e. The van der Waals surface area contributed by atoms with E-state index >= 15 is 0 Å². The number of Topliss-reactive ketones (excluding diaryl/α,β-unsaturated/α-hetero) is 1. The first-order valence-corrected chi connectivity index (χ1v) is 10.8. The average Bonchev–Trinajstić information content (AvgIpc) is 2.91. The van der Waals surface area contributed by atoms with Gasteiger partial charge in [0, 0.05) is 16.6 Å². The molecular formula is C27H21N3O6. The Morgan fingerprint density at radius 2 is 1.61 bits per heavy atom. The predicted octanol–water partition coefficient (Wildman–Crippen LogP) is 5.17. The summed E-state index contributed by atoms with van der Waals surface area (Å²) in [5.41, 5.74) is 0.643. The quantitative estimate of drug-likeness (QED) is 0.188. The van der Waals surface area contributed by atoms with Crippen LogP contribution in [0.4, 0.5) is 17.1 Å². The summed E-state index contributed by atoms with van der Waals surface area (Å²) < 4.78 is 4.72. The smallest absolute Gasteiger partial charge is 0.337 e. The van der Waals surface area contributed by atoms with Crippen molar-refractivity contribution >= 4 is 45.5 Å². The van der Waals surface area contributed by atoms with E-state index in [1.807, 2.05) is 6.07 Å². The number of esters is 1. The predicted molar refractivity (Wildman–Crippen MR) is 133 cm³/mol. The number of phenols is 1. The minimum absolute atomic E-state index is 0.00261. The SMILES string of the molecule is COC(=O)c1ccc(C(=O)CO)c(N=Nc2c(O)c(C(=O)Nc3ccccc3)cc3ccccc23)c1. The number of nitrogens with zero attached hydrogens (tertiary/aromatic N) is 2. The summed E-state index contributed by atoms with van der Waals surface area (Å²) in [5.74, 6) is -2.25. The first-order chi connectivity index (χ1) is 17.4. The number of phenolic OH excluding ortho intramolecular Hbond substituents is 1. The minimum Gasteiger partial charge on any atom is -0.505 e. The first-order valence-electron chi connectivity index (χ1n) is 10.8. The van der Waals surface area contributed by atoms with Crippen LogP contribution in [0.15, 0.2) is 89.1 Å². The normalized spacial score (nSPS) is 10.9. The fourth-order valence-electron chi connectivity index (χ4n) is 3.60. The molecule has 0 bridgehead atoms. The third kappa shape index (κ3) is 4.96. The van der Waals surface area contributed by atoms with E-state index in [-0.39, 0.29) is 28.1 Å². The lowest BCUT2D eigenvalue weighted by Crippen LogP contribution is -2.12. The zero-order valence-corrected chi connectivity index (χ0v) is 19.1. The van der Waals surface area contributed by atoms with E-state index in [0.717, 1.165) is 0 Å². The zero-order valence-electron chi connectivity index (χ0n) is 19.1. The number of carbonyl (C=O) groups excluding carboxylic acids is 3. The van der Waals surface area contributed by atoms with E-state index in [4.69, 9.17) is 4.74 Å². The number of fused-ring (bicyclic) bond motifs is 1. The summed E-state index contributed by atoms with van der Waals surface area (Å²) in [4.78, 5) is 37.2. The van der Waals surface area contributed by atoms with Crippen LogP contribution in [0.5, 0.6) is 5.75 Å². The van der Waals surface area contributed by atoms with E-state index in [1.54, 1.807) is 54.6 Å².